The molecule has 0 atom stereocenters. The van der Waals surface area contributed by atoms with Crippen molar-refractivity contribution in [1.29, 1.82) is 0 Å². The first-order chi connectivity index (χ1) is 4.12. The van der Waals surface area contributed by atoms with E-state index in [-0.39, 0.29) is 37.1 Å². The summed E-state index contributed by atoms with van der Waals surface area (Å²) in [6, 6.07) is 0. The molecule has 2 N–H and O–H groups in total. The number of sulfone groups is 1. The van der Waals surface area contributed by atoms with Crippen LogP contribution in [0.5, 0.6) is 0 Å². The van der Waals surface area contributed by atoms with Crippen molar-refractivity contribution in [3.63, 3.8) is 0 Å². The lowest BCUT2D eigenvalue weighted by atomic mass is 10.9. The third kappa shape index (κ3) is 6.28. The lowest BCUT2D eigenvalue weighted by Gasteiger charge is -1.96. The molecule has 0 radical (unpaired) electrons. The number of aliphatic hydroxyl groups excluding tert-OH is 2. The van der Waals surface area contributed by atoms with Crippen molar-refractivity contribution in [1.82, 2.24) is 0 Å². The molecule has 0 rings (SSSR count). The number of hydrogen-bond donors (Lipinski definition) is 2. The Labute approximate surface area is 66.2 Å². The Balaban J connectivity index is 0. The monoisotopic (exact) mass is 190 g/mol. The quantitative estimate of drug-likeness (QED) is 0.585. The molecule has 64 valence electrons. The highest BCUT2D eigenvalue weighted by Gasteiger charge is 2.06. The van der Waals surface area contributed by atoms with E-state index >= 15 is 0 Å². The minimum atomic E-state index is -3.18. The maximum Gasteiger partial charge on any atom is 0.154 e. The molecule has 0 aliphatic rings. The predicted octanol–water partition coefficient (Wildman–Crippen LogP) is -1.19. The second kappa shape index (κ2) is 5.91. The highest BCUT2D eigenvalue weighted by molar-refractivity contribution is 7.91. The molecule has 0 unspecified atom stereocenters. The third-order valence-corrected chi connectivity index (χ3v) is 2.41. The van der Waals surface area contributed by atoms with Crippen molar-refractivity contribution in [3.05, 3.63) is 0 Å². The Morgan fingerprint density at radius 2 is 1.30 bits per heavy atom. The van der Waals surface area contributed by atoms with Crippen LogP contribution in [-0.4, -0.2) is 43.4 Å². The first kappa shape index (κ1) is 12.8. The summed E-state index contributed by atoms with van der Waals surface area (Å²) in [7, 11) is -3.18. The van der Waals surface area contributed by atoms with Crippen molar-refractivity contribution in [2.75, 3.05) is 24.7 Å². The Morgan fingerprint density at radius 1 is 1.00 bits per heavy atom. The minimum absolute atomic E-state index is 0. The largest absolute Gasteiger partial charge is 0.395 e. The summed E-state index contributed by atoms with van der Waals surface area (Å²) >= 11 is 0. The van der Waals surface area contributed by atoms with Gasteiger partial charge in [-0.05, 0) is 0 Å². The molecule has 0 aromatic carbocycles. The van der Waals surface area contributed by atoms with Crippen molar-refractivity contribution < 1.29 is 18.6 Å². The molecule has 0 spiro atoms. The van der Waals surface area contributed by atoms with Crippen molar-refractivity contribution in [2.45, 2.75) is 0 Å². The van der Waals surface area contributed by atoms with Crippen LogP contribution in [-0.2, 0) is 9.84 Å². The van der Waals surface area contributed by atoms with Gasteiger partial charge in [-0.15, -0.1) is 12.4 Å². The number of halogens is 1. The van der Waals surface area contributed by atoms with E-state index < -0.39 is 9.84 Å². The van der Waals surface area contributed by atoms with Gasteiger partial charge in [0.2, 0.25) is 0 Å². The average Bonchev–Trinajstić information content (AvgIpc) is 1.64. The maximum atomic E-state index is 10.5. The minimum Gasteiger partial charge on any atom is -0.395 e. The molecule has 0 heterocycles. The van der Waals surface area contributed by atoms with Gasteiger partial charge in [0.15, 0.2) is 9.84 Å². The molecule has 0 saturated heterocycles. The molecule has 0 bridgehead atoms. The zero-order valence-electron chi connectivity index (χ0n) is 5.36. The van der Waals surface area contributed by atoms with Gasteiger partial charge >= 0.3 is 0 Å². The summed E-state index contributed by atoms with van der Waals surface area (Å²) in [6.45, 7) is -0.745. The van der Waals surface area contributed by atoms with Crippen LogP contribution in [0, 0.1) is 0 Å². The lowest BCUT2D eigenvalue weighted by Crippen LogP contribution is -2.15. The molecule has 6 heteroatoms. The Kier molecular flexibility index (Phi) is 7.56. The van der Waals surface area contributed by atoms with Crippen LogP contribution in [0.4, 0.5) is 0 Å². The van der Waals surface area contributed by atoms with Crippen LogP contribution in [0.25, 0.3) is 0 Å². The summed E-state index contributed by atoms with van der Waals surface area (Å²) < 4.78 is 21.0. The van der Waals surface area contributed by atoms with E-state index in [1.807, 2.05) is 0 Å². The molecule has 0 saturated carbocycles. The highest BCUT2D eigenvalue weighted by Crippen LogP contribution is 1.86. The zero-order valence-corrected chi connectivity index (χ0v) is 6.99. The highest BCUT2D eigenvalue weighted by atomic mass is 35.5. The summed E-state index contributed by atoms with van der Waals surface area (Å²) in [6.07, 6.45) is 0. The van der Waals surface area contributed by atoms with E-state index in [4.69, 9.17) is 10.2 Å². The first-order valence-corrected chi connectivity index (χ1v) is 4.36. The van der Waals surface area contributed by atoms with Gasteiger partial charge in [0, 0.05) is 0 Å². The smallest absolute Gasteiger partial charge is 0.154 e. The molecule has 10 heavy (non-hydrogen) atoms. The van der Waals surface area contributed by atoms with Gasteiger partial charge in [-0.25, -0.2) is 8.42 Å². The lowest BCUT2D eigenvalue weighted by molar-refractivity contribution is 0.312. The van der Waals surface area contributed by atoms with Crippen LogP contribution in [0.3, 0.4) is 0 Å². The molecule has 0 aromatic heterocycles. The van der Waals surface area contributed by atoms with Crippen LogP contribution >= 0.6 is 12.4 Å². The van der Waals surface area contributed by atoms with Crippen LogP contribution in [0.1, 0.15) is 0 Å². The van der Waals surface area contributed by atoms with Gasteiger partial charge < -0.3 is 10.2 Å². The Morgan fingerprint density at radius 3 is 1.50 bits per heavy atom. The Bertz CT molecular complexity index is 141. The van der Waals surface area contributed by atoms with E-state index in [1.54, 1.807) is 0 Å². The predicted molar refractivity (Wildman–Crippen MR) is 40.1 cm³/mol. The van der Waals surface area contributed by atoms with E-state index in [1.165, 1.54) is 0 Å². The SMILES string of the molecule is Cl.O=S(=O)(CCO)CCO. The molecular weight excluding hydrogens is 180 g/mol. The standard InChI is InChI=1S/C4H10O4S.ClH/c5-1-3-9(7,8)4-2-6;/h5-6H,1-4H2;1H. The van der Waals surface area contributed by atoms with Crippen LogP contribution in [0.2, 0.25) is 0 Å². The van der Waals surface area contributed by atoms with Gasteiger partial charge in [-0.1, -0.05) is 0 Å². The summed E-state index contributed by atoms with van der Waals surface area (Å²) in [5.74, 6) is -0.513. The molecule has 0 amide bonds. The normalized spacial score (nSPS) is 10.6. The number of hydrogen-bond acceptors (Lipinski definition) is 4. The van der Waals surface area contributed by atoms with Gasteiger partial charge in [0.25, 0.3) is 0 Å². The van der Waals surface area contributed by atoms with Crippen LogP contribution < -0.4 is 0 Å². The van der Waals surface area contributed by atoms with Gasteiger partial charge in [0.1, 0.15) is 0 Å². The molecule has 0 aromatic rings. The molecule has 4 nitrogen and oxygen atoms in total. The van der Waals surface area contributed by atoms with Crippen molar-refractivity contribution in [3.8, 4) is 0 Å². The fourth-order valence-electron chi connectivity index (χ4n) is 0.380. The average molecular weight is 191 g/mol. The van der Waals surface area contributed by atoms with Gasteiger partial charge in [-0.2, -0.15) is 0 Å². The molecule has 0 fully saturated rings. The fourth-order valence-corrected chi connectivity index (χ4v) is 1.14. The van der Waals surface area contributed by atoms with Crippen LogP contribution in [0.15, 0.2) is 0 Å². The topological polar surface area (TPSA) is 74.6 Å². The molecular formula is C4H11ClO4S. The van der Waals surface area contributed by atoms with E-state index in [0.29, 0.717) is 0 Å². The van der Waals surface area contributed by atoms with Gasteiger partial charge in [-0.3, -0.25) is 0 Å². The fraction of sp³-hybridized carbons (Fsp3) is 1.00. The van der Waals surface area contributed by atoms with E-state index in [2.05, 4.69) is 0 Å². The third-order valence-electron chi connectivity index (χ3n) is 0.805. The Hall–Kier alpha value is 0.160. The number of aliphatic hydroxyl groups is 2. The molecule has 0 aliphatic carbocycles. The summed E-state index contributed by atoms with van der Waals surface area (Å²) in [5.41, 5.74) is 0. The second-order valence-electron chi connectivity index (χ2n) is 1.60. The van der Waals surface area contributed by atoms with Gasteiger partial charge in [0.05, 0.1) is 24.7 Å². The second-order valence-corrected chi connectivity index (χ2v) is 3.90. The summed E-state index contributed by atoms with van der Waals surface area (Å²) in [5, 5.41) is 16.3. The van der Waals surface area contributed by atoms with E-state index in [0.717, 1.165) is 0 Å². The number of rotatable bonds is 4. The first-order valence-electron chi connectivity index (χ1n) is 2.54. The zero-order chi connectivity index (χ0) is 7.33. The van der Waals surface area contributed by atoms with E-state index in [9.17, 15) is 8.42 Å². The van der Waals surface area contributed by atoms with Crippen molar-refractivity contribution >= 4 is 22.2 Å². The molecule has 0 aliphatic heterocycles. The maximum absolute atomic E-state index is 10.5. The summed E-state index contributed by atoms with van der Waals surface area (Å²) in [4.78, 5) is 0. The van der Waals surface area contributed by atoms with Crippen molar-refractivity contribution in [2.24, 2.45) is 0 Å².